The average Bonchev–Trinajstić information content (AvgIpc) is 2.72. The molecule has 0 aromatic carbocycles. The molecule has 17 heavy (non-hydrogen) atoms. The predicted molar refractivity (Wildman–Crippen MR) is 70.2 cm³/mol. The number of nitrogens with one attached hydrogen (secondary N) is 1. The Balaban J connectivity index is 2.01. The topological polar surface area (TPSA) is 58.4 Å². The van der Waals surface area contributed by atoms with Gasteiger partial charge in [-0.15, -0.1) is 11.3 Å². The molecule has 1 aromatic rings. The van der Waals surface area contributed by atoms with Crippen LogP contribution in [-0.2, 0) is 6.54 Å². The molecule has 4 nitrogen and oxygen atoms in total. The normalized spacial score (nSPS) is 26.0. The van der Waals surface area contributed by atoms with E-state index in [9.17, 15) is 4.79 Å². The number of nitrogens with zero attached hydrogens (tertiary/aromatic N) is 1. The van der Waals surface area contributed by atoms with Crippen molar-refractivity contribution in [3.8, 4) is 0 Å². The minimum Gasteiger partial charge on any atom is -0.366 e. The van der Waals surface area contributed by atoms with Gasteiger partial charge in [0.25, 0.3) is 0 Å². The van der Waals surface area contributed by atoms with Crippen LogP contribution in [0.25, 0.3) is 0 Å². The molecule has 1 aromatic heterocycles. The van der Waals surface area contributed by atoms with Gasteiger partial charge in [0.2, 0.25) is 5.91 Å². The monoisotopic (exact) mass is 253 g/mol. The van der Waals surface area contributed by atoms with Crippen molar-refractivity contribution in [3.63, 3.8) is 0 Å². The molecule has 0 bridgehead atoms. The maximum Gasteiger partial charge on any atom is 0.249 e. The molecular weight excluding hydrogens is 234 g/mol. The van der Waals surface area contributed by atoms with E-state index in [2.05, 4.69) is 24.1 Å². The second kappa shape index (κ2) is 5.16. The van der Waals surface area contributed by atoms with Crippen molar-refractivity contribution in [1.29, 1.82) is 0 Å². The third-order valence-electron chi connectivity index (χ3n) is 3.19. The summed E-state index contributed by atoms with van der Waals surface area (Å²) in [5.74, 6) is -0.339. The fraction of sp³-hybridized carbons (Fsp3) is 0.583. The fourth-order valence-electron chi connectivity index (χ4n) is 2.11. The number of hydrogen-bond donors (Lipinski definition) is 2. The van der Waals surface area contributed by atoms with Crippen LogP contribution in [0.3, 0.4) is 0 Å². The molecule has 1 fully saturated rings. The molecule has 1 saturated heterocycles. The van der Waals surface area contributed by atoms with Gasteiger partial charge in [-0.3, -0.25) is 9.69 Å². The second-order valence-corrected chi connectivity index (χ2v) is 5.75. The number of piperazine rings is 1. The van der Waals surface area contributed by atoms with Gasteiger partial charge in [-0.2, -0.15) is 0 Å². The quantitative estimate of drug-likeness (QED) is 0.846. The Morgan fingerprint density at radius 2 is 2.41 bits per heavy atom. The lowest BCUT2D eigenvalue weighted by Gasteiger charge is -2.37. The van der Waals surface area contributed by atoms with Crippen molar-refractivity contribution < 1.29 is 4.79 Å². The molecule has 1 aliphatic heterocycles. The summed E-state index contributed by atoms with van der Waals surface area (Å²) in [7, 11) is 0. The van der Waals surface area contributed by atoms with Gasteiger partial charge in [0, 0.05) is 42.0 Å². The maximum absolute atomic E-state index is 11.0. The molecule has 0 radical (unpaired) electrons. The molecule has 1 amide bonds. The van der Waals surface area contributed by atoms with Gasteiger partial charge >= 0.3 is 0 Å². The Labute approximate surface area is 106 Å². The van der Waals surface area contributed by atoms with Crippen LogP contribution in [0.5, 0.6) is 0 Å². The van der Waals surface area contributed by atoms with Crippen LogP contribution in [0.2, 0.25) is 0 Å². The van der Waals surface area contributed by atoms with E-state index in [1.165, 1.54) is 4.88 Å². The van der Waals surface area contributed by atoms with Gasteiger partial charge in [0.1, 0.15) is 0 Å². The largest absolute Gasteiger partial charge is 0.366 e. The standard InChI is InChI=1S/C12H19N3OS/c1-8-5-15(9(2)4-14-8)6-11-3-10(7-17-11)12(13)16/h3,7-9,14H,4-6H2,1-2H3,(H2,13,16). The van der Waals surface area contributed by atoms with E-state index in [-0.39, 0.29) is 5.91 Å². The van der Waals surface area contributed by atoms with Crippen LogP contribution >= 0.6 is 11.3 Å². The number of rotatable bonds is 3. The van der Waals surface area contributed by atoms with Gasteiger partial charge < -0.3 is 11.1 Å². The Morgan fingerprint density at radius 1 is 1.65 bits per heavy atom. The summed E-state index contributed by atoms with van der Waals surface area (Å²) < 4.78 is 0. The number of carbonyl (C=O) groups excluding carboxylic acids is 1. The maximum atomic E-state index is 11.0. The lowest BCUT2D eigenvalue weighted by atomic mass is 10.1. The minimum absolute atomic E-state index is 0.339. The highest BCUT2D eigenvalue weighted by Crippen LogP contribution is 2.19. The van der Waals surface area contributed by atoms with Crippen molar-refractivity contribution in [2.24, 2.45) is 5.73 Å². The first-order chi connectivity index (χ1) is 8.06. The van der Waals surface area contributed by atoms with Crippen LogP contribution in [0.1, 0.15) is 29.1 Å². The zero-order valence-electron chi connectivity index (χ0n) is 10.3. The summed E-state index contributed by atoms with van der Waals surface area (Å²) in [5.41, 5.74) is 5.88. The summed E-state index contributed by atoms with van der Waals surface area (Å²) in [4.78, 5) is 14.7. The molecule has 2 atom stereocenters. The lowest BCUT2D eigenvalue weighted by Crippen LogP contribution is -2.53. The minimum atomic E-state index is -0.339. The molecule has 0 aliphatic carbocycles. The van der Waals surface area contributed by atoms with E-state index in [1.807, 2.05) is 11.4 Å². The Morgan fingerprint density at radius 3 is 3.06 bits per heavy atom. The van der Waals surface area contributed by atoms with E-state index in [0.717, 1.165) is 19.6 Å². The number of amides is 1. The van der Waals surface area contributed by atoms with Crippen molar-refractivity contribution in [1.82, 2.24) is 10.2 Å². The lowest BCUT2D eigenvalue weighted by molar-refractivity contribution is 0.100. The van der Waals surface area contributed by atoms with Crippen LogP contribution < -0.4 is 11.1 Å². The molecule has 3 N–H and O–H groups in total. The average molecular weight is 253 g/mol. The first-order valence-electron chi connectivity index (χ1n) is 5.91. The van der Waals surface area contributed by atoms with E-state index < -0.39 is 0 Å². The van der Waals surface area contributed by atoms with Crippen molar-refractivity contribution in [2.75, 3.05) is 13.1 Å². The van der Waals surface area contributed by atoms with Crippen molar-refractivity contribution in [2.45, 2.75) is 32.5 Å². The number of nitrogens with two attached hydrogens (primary N) is 1. The highest BCUT2D eigenvalue weighted by Gasteiger charge is 2.22. The first kappa shape index (κ1) is 12.5. The Kier molecular flexibility index (Phi) is 3.81. The SMILES string of the molecule is CC1CN(Cc2cc(C(N)=O)cs2)C(C)CN1. The van der Waals surface area contributed by atoms with Crippen LogP contribution in [0.15, 0.2) is 11.4 Å². The summed E-state index contributed by atoms with van der Waals surface area (Å²) in [6.07, 6.45) is 0. The Bertz CT molecular complexity index is 404. The third kappa shape index (κ3) is 3.06. The summed E-state index contributed by atoms with van der Waals surface area (Å²) >= 11 is 1.61. The van der Waals surface area contributed by atoms with Gasteiger partial charge in [0.15, 0.2) is 0 Å². The predicted octanol–water partition coefficient (Wildman–Crippen LogP) is 1.03. The molecule has 0 saturated carbocycles. The smallest absolute Gasteiger partial charge is 0.249 e. The Hall–Kier alpha value is -0.910. The summed E-state index contributed by atoms with van der Waals surface area (Å²) in [5, 5.41) is 5.30. The number of hydrogen-bond acceptors (Lipinski definition) is 4. The van der Waals surface area contributed by atoms with Gasteiger partial charge in [0.05, 0.1) is 5.56 Å². The zero-order chi connectivity index (χ0) is 12.4. The number of carbonyl (C=O) groups is 1. The summed E-state index contributed by atoms with van der Waals surface area (Å²) in [6.45, 7) is 7.40. The van der Waals surface area contributed by atoms with Crippen LogP contribution in [0.4, 0.5) is 0 Å². The van der Waals surface area contributed by atoms with E-state index in [1.54, 1.807) is 11.3 Å². The number of primary amides is 1. The molecule has 94 valence electrons. The molecule has 2 rings (SSSR count). The van der Waals surface area contributed by atoms with Crippen LogP contribution in [0, 0.1) is 0 Å². The van der Waals surface area contributed by atoms with E-state index >= 15 is 0 Å². The van der Waals surface area contributed by atoms with Gasteiger partial charge in [-0.1, -0.05) is 0 Å². The molecular formula is C12H19N3OS. The molecule has 5 heteroatoms. The van der Waals surface area contributed by atoms with E-state index in [4.69, 9.17) is 5.73 Å². The zero-order valence-corrected chi connectivity index (χ0v) is 11.1. The molecule has 1 aliphatic rings. The summed E-state index contributed by atoms with van der Waals surface area (Å²) in [6, 6.07) is 2.97. The highest BCUT2D eigenvalue weighted by molar-refractivity contribution is 7.10. The van der Waals surface area contributed by atoms with Gasteiger partial charge in [-0.05, 0) is 19.9 Å². The van der Waals surface area contributed by atoms with Crippen molar-refractivity contribution in [3.05, 3.63) is 21.9 Å². The van der Waals surface area contributed by atoms with Gasteiger partial charge in [-0.25, -0.2) is 0 Å². The van der Waals surface area contributed by atoms with Crippen molar-refractivity contribution >= 4 is 17.2 Å². The molecule has 2 heterocycles. The third-order valence-corrected chi connectivity index (χ3v) is 4.11. The fourth-order valence-corrected chi connectivity index (χ4v) is 3.01. The van der Waals surface area contributed by atoms with Crippen LogP contribution in [-0.4, -0.2) is 36.0 Å². The highest BCUT2D eigenvalue weighted by atomic mass is 32.1. The number of thiophene rings is 1. The molecule has 0 spiro atoms. The second-order valence-electron chi connectivity index (χ2n) is 4.75. The molecule has 2 unspecified atom stereocenters. The van der Waals surface area contributed by atoms with E-state index in [0.29, 0.717) is 17.6 Å². The first-order valence-corrected chi connectivity index (χ1v) is 6.79.